The van der Waals surface area contributed by atoms with E-state index < -0.39 is 16.0 Å². The Bertz CT molecular complexity index is 1190. The zero-order valence-corrected chi connectivity index (χ0v) is 19.0. The summed E-state index contributed by atoms with van der Waals surface area (Å²) in [5, 5.41) is 4.40. The average Bonchev–Trinajstić information content (AvgIpc) is 3.31. The predicted molar refractivity (Wildman–Crippen MR) is 119 cm³/mol. The van der Waals surface area contributed by atoms with E-state index in [0.29, 0.717) is 16.9 Å². The third kappa shape index (κ3) is 6.33. The number of aryl methyl sites for hydroxylation is 2. The van der Waals surface area contributed by atoms with E-state index in [1.54, 1.807) is 41.1 Å². The monoisotopic (exact) mass is 461 g/mol. The molecule has 0 saturated carbocycles. The highest BCUT2D eigenvalue weighted by molar-refractivity contribution is 7.88. The second kappa shape index (κ2) is 9.54. The van der Waals surface area contributed by atoms with Crippen LogP contribution in [0.1, 0.15) is 36.3 Å². The number of carbonyl (C=O) groups excluding carboxylic acids is 2. The Labute approximate surface area is 184 Å². The van der Waals surface area contributed by atoms with Crippen molar-refractivity contribution in [2.45, 2.75) is 20.3 Å². The predicted octanol–water partition coefficient (Wildman–Crippen LogP) is 2.68. The van der Waals surface area contributed by atoms with Crippen molar-refractivity contribution in [3.05, 3.63) is 69.2 Å². The van der Waals surface area contributed by atoms with Gasteiger partial charge >= 0.3 is 5.97 Å². The Morgan fingerprint density at radius 1 is 1.13 bits per heavy atom. The van der Waals surface area contributed by atoms with Crippen molar-refractivity contribution in [3.8, 4) is 5.69 Å². The number of sulfonamides is 1. The van der Waals surface area contributed by atoms with Gasteiger partial charge in [0.25, 0.3) is 0 Å². The standard InChI is InChI=1S/C21H23N3O5S2/c1-14-12-15(2)24(23-14)17-6-4-16(5-7-17)21(26)29-13-19(25)20-9-8-18(30-20)10-11-22-31(3,27)28/h4-9,12,22H,10-11,13H2,1-3H3. The molecule has 0 radical (unpaired) electrons. The van der Waals surface area contributed by atoms with Crippen LogP contribution in [0, 0.1) is 13.8 Å². The van der Waals surface area contributed by atoms with E-state index in [0.717, 1.165) is 28.2 Å². The van der Waals surface area contributed by atoms with Gasteiger partial charge < -0.3 is 4.74 Å². The van der Waals surface area contributed by atoms with E-state index in [-0.39, 0.29) is 18.9 Å². The van der Waals surface area contributed by atoms with Gasteiger partial charge in [0.2, 0.25) is 15.8 Å². The largest absolute Gasteiger partial charge is 0.454 e. The van der Waals surface area contributed by atoms with Gasteiger partial charge in [-0.25, -0.2) is 22.6 Å². The van der Waals surface area contributed by atoms with Crippen molar-refractivity contribution in [1.29, 1.82) is 0 Å². The molecule has 31 heavy (non-hydrogen) atoms. The van der Waals surface area contributed by atoms with Gasteiger partial charge in [0.05, 0.1) is 28.1 Å². The SMILES string of the molecule is Cc1cc(C)n(-c2ccc(C(=O)OCC(=O)c3ccc(CCNS(C)(=O)=O)s3)cc2)n1. The van der Waals surface area contributed by atoms with E-state index >= 15 is 0 Å². The van der Waals surface area contributed by atoms with Gasteiger partial charge in [-0.2, -0.15) is 5.10 Å². The maximum atomic E-state index is 12.3. The van der Waals surface area contributed by atoms with E-state index in [2.05, 4.69) is 9.82 Å². The van der Waals surface area contributed by atoms with Crippen LogP contribution in [0.2, 0.25) is 0 Å². The molecule has 0 bridgehead atoms. The lowest BCUT2D eigenvalue weighted by molar-refractivity contribution is 0.0476. The minimum Gasteiger partial charge on any atom is -0.454 e. The van der Waals surface area contributed by atoms with Crippen LogP contribution in [-0.2, 0) is 21.2 Å². The molecule has 0 unspecified atom stereocenters. The highest BCUT2D eigenvalue weighted by Gasteiger charge is 2.14. The summed E-state index contributed by atoms with van der Waals surface area (Å²) in [7, 11) is -3.24. The van der Waals surface area contributed by atoms with E-state index in [4.69, 9.17) is 4.74 Å². The molecule has 8 nitrogen and oxygen atoms in total. The lowest BCUT2D eigenvalue weighted by atomic mass is 10.2. The fourth-order valence-electron chi connectivity index (χ4n) is 2.94. The molecule has 1 aromatic carbocycles. The fraction of sp³-hybridized carbons (Fsp3) is 0.286. The molecule has 0 saturated heterocycles. The topological polar surface area (TPSA) is 107 Å². The molecule has 0 atom stereocenters. The molecule has 0 spiro atoms. The summed E-state index contributed by atoms with van der Waals surface area (Å²) in [6.45, 7) is 3.76. The molecule has 164 valence electrons. The van der Waals surface area contributed by atoms with Gasteiger partial charge in [-0.3, -0.25) is 4.79 Å². The maximum absolute atomic E-state index is 12.3. The molecule has 0 fully saturated rings. The van der Waals surface area contributed by atoms with Crippen LogP contribution in [-0.4, -0.2) is 49.4 Å². The van der Waals surface area contributed by atoms with Gasteiger partial charge in [-0.1, -0.05) is 0 Å². The molecule has 0 amide bonds. The van der Waals surface area contributed by atoms with Gasteiger partial charge in [-0.05, 0) is 62.7 Å². The second-order valence-electron chi connectivity index (χ2n) is 7.07. The number of aromatic nitrogens is 2. The first-order valence-electron chi connectivity index (χ1n) is 9.50. The fourth-order valence-corrected chi connectivity index (χ4v) is 4.34. The summed E-state index contributed by atoms with van der Waals surface area (Å²) in [6.07, 6.45) is 1.57. The van der Waals surface area contributed by atoms with Crippen molar-refractivity contribution in [1.82, 2.24) is 14.5 Å². The first-order valence-corrected chi connectivity index (χ1v) is 12.2. The molecule has 0 aliphatic carbocycles. The van der Waals surface area contributed by atoms with Crippen LogP contribution in [0.25, 0.3) is 5.69 Å². The van der Waals surface area contributed by atoms with Gasteiger partial charge in [0.1, 0.15) is 0 Å². The molecule has 0 aliphatic rings. The lowest BCUT2D eigenvalue weighted by Crippen LogP contribution is -2.24. The molecular formula is C21H23N3O5S2. The van der Waals surface area contributed by atoms with Crippen molar-refractivity contribution in [3.63, 3.8) is 0 Å². The molecule has 1 N–H and O–H groups in total. The van der Waals surface area contributed by atoms with Crippen molar-refractivity contribution in [2.75, 3.05) is 19.4 Å². The van der Waals surface area contributed by atoms with Gasteiger partial charge in [-0.15, -0.1) is 11.3 Å². The Balaban J connectivity index is 1.53. The highest BCUT2D eigenvalue weighted by Crippen LogP contribution is 2.18. The zero-order valence-electron chi connectivity index (χ0n) is 17.4. The quantitative estimate of drug-likeness (QED) is 0.388. The van der Waals surface area contributed by atoms with E-state index in [1.807, 2.05) is 19.9 Å². The number of rotatable bonds is 9. The molecule has 2 heterocycles. The Morgan fingerprint density at radius 2 is 1.84 bits per heavy atom. The Morgan fingerprint density at radius 3 is 2.45 bits per heavy atom. The van der Waals surface area contributed by atoms with Crippen LogP contribution in [0.15, 0.2) is 42.5 Å². The zero-order chi connectivity index (χ0) is 22.6. The third-order valence-electron chi connectivity index (χ3n) is 4.36. The molecular weight excluding hydrogens is 438 g/mol. The number of Topliss-reactive ketones (excluding diaryl/α,β-unsaturated/α-hetero) is 1. The number of hydrogen-bond donors (Lipinski definition) is 1. The van der Waals surface area contributed by atoms with Gasteiger partial charge in [0, 0.05) is 17.1 Å². The minimum atomic E-state index is -3.24. The number of benzene rings is 1. The minimum absolute atomic E-state index is 0.260. The number of thiophene rings is 1. The number of esters is 1. The lowest BCUT2D eigenvalue weighted by Gasteiger charge is -2.06. The Kier molecular flexibility index (Phi) is 7.04. The van der Waals surface area contributed by atoms with Crippen LogP contribution < -0.4 is 4.72 Å². The first kappa shape index (κ1) is 22.9. The van der Waals surface area contributed by atoms with Gasteiger partial charge in [0.15, 0.2) is 6.61 Å². The maximum Gasteiger partial charge on any atom is 0.338 e. The normalized spacial score (nSPS) is 11.5. The number of nitrogens with zero attached hydrogens (tertiary/aromatic N) is 2. The summed E-state index contributed by atoms with van der Waals surface area (Å²) < 4.78 is 31.5. The van der Waals surface area contributed by atoms with Crippen LogP contribution in [0.3, 0.4) is 0 Å². The number of ketones is 1. The number of hydrogen-bond acceptors (Lipinski definition) is 7. The molecule has 0 aliphatic heterocycles. The highest BCUT2D eigenvalue weighted by atomic mass is 32.2. The summed E-state index contributed by atoms with van der Waals surface area (Å²) in [6, 6.07) is 12.2. The summed E-state index contributed by atoms with van der Waals surface area (Å²) in [4.78, 5) is 25.9. The van der Waals surface area contributed by atoms with E-state index in [1.165, 1.54) is 11.3 Å². The number of ether oxygens (including phenoxy) is 1. The van der Waals surface area contributed by atoms with Crippen LogP contribution in [0.5, 0.6) is 0 Å². The average molecular weight is 462 g/mol. The second-order valence-corrected chi connectivity index (χ2v) is 10.1. The molecule has 3 aromatic rings. The van der Waals surface area contributed by atoms with E-state index in [9.17, 15) is 18.0 Å². The van der Waals surface area contributed by atoms with Crippen molar-refractivity contribution >= 4 is 33.1 Å². The third-order valence-corrected chi connectivity index (χ3v) is 6.28. The Hall–Kier alpha value is -2.82. The van der Waals surface area contributed by atoms with Crippen molar-refractivity contribution < 1.29 is 22.7 Å². The van der Waals surface area contributed by atoms with Crippen LogP contribution >= 0.6 is 11.3 Å². The van der Waals surface area contributed by atoms with Crippen LogP contribution in [0.4, 0.5) is 0 Å². The first-order chi connectivity index (χ1) is 14.6. The molecule has 10 heteroatoms. The molecule has 2 aromatic heterocycles. The summed E-state index contributed by atoms with van der Waals surface area (Å²) >= 11 is 1.26. The molecule has 3 rings (SSSR count). The number of carbonyl (C=O) groups is 2. The summed E-state index contributed by atoms with van der Waals surface area (Å²) in [5.41, 5.74) is 3.07. The summed E-state index contributed by atoms with van der Waals surface area (Å²) in [5.74, 6) is -0.887. The smallest absolute Gasteiger partial charge is 0.338 e. The van der Waals surface area contributed by atoms with Crippen molar-refractivity contribution in [2.24, 2.45) is 0 Å². The number of nitrogens with one attached hydrogen (secondary N) is 1.